The van der Waals surface area contributed by atoms with Crippen molar-refractivity contribution in [3.05, 3.63) is 23.8 Å². The summed E-state index contributed by atoms with van der Waals surface area (Å²) in [5, 5.41) is 3.52. The Kier molecular flexibility index (Phi) is 4.21. The Bertz CT molecular complexity index is 497. The fourth-order valence-corrected chi connectivity index (χ4v) is 2.99. The first-order valence-corrected chi connectivity index (χ1v) is 7.16. The van der Waals surface area contributed by atoms with Gasteiger partial charge in [-0.2, -0.15) is 0 Å². The monoisotopic (exact) mass is 276 g/mol. The Morgan fingerprint density at radius 2 is 2.20 bits per heavy atom. The Balaban J connectivity index is 2.12. The van der Waals surface area contributed by atoms with Gasteiger partial charge in [0.05, 0.1) is 12.7 Å². The van der Waals surface area contributed by atoms with Crippen LogP contribution in [0.5, 0.6) is 0 Å². The molecule has 0 saturated heterocycles. The predicted molar refractivity (Wildman–Crippen MR) is 81.9 cm³/mol. The van der Waals surface area contributed by atoms with E-state index >= 15 is 0 Å². The average molecular weight is 276 g/mol. The van der Waals surface area contributed by atoms with Crippen LogP contribution in [0.2, 0.25) is 0 Å². The number of hydrogen-bond donors (Lipinski definition) is 2. The summed E-state index contributed by atoms with van der Waals surface area (Å²) >= 11 is 0. The lowest BCUT2D eigenvalue weighted by Crippen LogP contribution is -2.31. The normalized spacial score (nSPS) is 21.2. The molecule has 4 nitrogen and oxygen atoms in total. The number of methoxy groups -OCH3 is 1. The Labute approximate surface area is 120 Å². The molecule has 0 aromatic heterocycles. The van der Waals surface area contributed by atoms with Crippen molar-refractivity contribution in [2.75, 3.05) is 18.2 Å². The van der Waals surface area contributed by atoms with E-state index in [1.165, 1.54) is 26.4 Å². The molecule has 1 aliphatic rings. The minimum absolute atomic E-state index is 0.384. The molecule has 1 aromatic rings. The molecule has 1 fully saturated rings. The van der Waals surface area contributed by atoms with Crippen LogP contribution in [0.25, 0.3) is 0 Å². The molecule has 0 radical (unpaired) electrons. The first-order chi connectivity index (χ1) is 9.41. The fraction of sp³-hybridized carbons (Fsp3) is 0.562. The predicted octanol–water partition coefficient (Wildman–Crippen LogP) is 3.44. The fourth-order valence-electron chi connectivity index (χ4n) is 2.99. The zero-order valence-electron chi connectivity index (χ0n) is 12.5. The number of esters is 1. The third-order valence-electron chi connectivity index (χ3n) is 4.03. The maximum Gasteiger partial charge on any atom is 0.340 e. The van der Waals surface area contributed by atoms with Crippen molar-refractivity contribution in [2.45, 2.75) is 45.6 Å². The highest BCUT2D eigenvalue weighted by Crippen LogP contribution is 2.36. The third kappa shape index (κ3) is 3.44. The molecule has 3 N–H and O–H groups in total. The van der Waals surface area contributed by atoms with Crippen LogP contribution >= 0.6 is 0 Å². The second-order valence-electron chi connectivity index (χ2n) is 6.40. The van der Waals surface area contributed by atoms with Gasteiger partial charge in [-0.1, -0.05) is 20.3 Å². The van der Waals surface area contributed by atoms with Crippen molar-refractivity contribution in [1.82, 2.24) is 0 Å². The van der Waals surface area contributed by atoms with Crippen molar-refractivity contribution < 1.29 is 9.53 Å². The van der Waals surface area contributed by atoms with Crippen molar-refractivity contribution in [2.24, 2.45) is 5.41 Å². The quantitative estimate of drug-likeness (QED) is 0.655. The number of carbonyl (C=O) groups excluding carboxylic acids is 1. The molecule has 1 atom stereocenters. The molecule has 110 valence electrons. The van der Waals surface area contributed by atoms with Gasteiger partial charge in [-0.05, 0) is 42.9 Å². The summed E-state index contributed by atoms with van der Waals surface area (Å²) in [6, 6.07) is 5.90. The van der Waals surface area contributed by atoms with Gasteiger partial charge < -0.3 is 15.8 Å². The van der Waals surface area contributed by atoms with Crippen LogP contribution in [0.3, 0.4) is 0 Å². The molecular formula is C16H24N2O2. The van der Waals surface area contributed by atoms with Crippen LogP contribution in [0.15, 0.2) is 18.2 Å². The zero-order valence-corrected chi connectivity index (χ0v) is 12.5. The summed E-state index contributed by atoms with van der Waals surface area (Å²) < 4.78 is 4.75. The average Bonchev–Trinajstić information content (AvgIpc) is 2.39. The maximum atomic E-state index is 11.7. The molecule has 20 heavy (non-hydrogen) atoms. The lowest BCUT2D eigenvalue weighted by atomic mass is 9.75. The first kappa shape index (κ1) is 14.7. The van der Waals surface area contributed by atoms with Gasteiger partial charge in [0.2, 0.25) is 0 Å². The molecule has 4 heteroatoms. The van der Waals surface area contributed by atoms with Gasteiger partial charge in [-0.15, -0.1) is 0 Å². The van der Waals surface area contributed by atoms with Gasteiger partial charge in [0.25, 0.3) is 0 Å². The van der Waals surface area contributed by atoms with E-state index in [-0.39, 0.29) is 0 Å². The number of nitrogens with one attached hydrogen (secondary N) is 1. The van der Waals surface area contributed by atoms with Crippen LogP contribution in [0.4, 0.5) is 11.4 Å². The summed E-state index contributed by atoms with van der Waals surface area (Å²) in [5.74, 6) is -0.393. The number of nitrogens with two attached hydrogens (primary N) is 1. The standard InChI is InChI=1S/C16H24N2O2/c1-16(2)8-4-5-12(10-16)18-11-6-7-14(17)13(9-11)15(19)20-3/h6-7,9,12,18H,4-5,8,10,17H2,1-3H3. The SMILES string of the molecule is COC(=O)c1cc(NC2CCCC(C)(C)C2)ccc1N. The lowest BCUT2D eigenvalue weighted by molar-refractivity contribution is 0.0602. The summed E-state index contributed by atoms with van der Waals surface area (Å²) in [7, 11) is 1.37. The largest absolute Gasteiger partial charge is 0.465 e. The van der Waals surface area contributed by atoms with E-state index in [2.05, 4.69) is 19.2 Å². The summed E-state index contributed by atoms with van der Waals surface area (Å²) in [5.41, 5.74) is 8.00. The van der Waals surface area contributed by atoms with Crippen molar-refractivity contribution in [3.8, 4) is 0 Å². The number of ether oxygens (including phenoxy) is 1. The first-order valence-electron chi connectivity index (χ1n) is 7.16. The summed E-state index contributed by atoms with van der Waals surface area (Å²) in [4.78, 5) is 11.7. The minimum Gasteiger partial charge on any atom is -0.465 e. The van der Waals surface area contributed by atoms with Gasteiger partial charge in [0.15, 0.2) is 0 Å². The molecule has 1 unspecified atom stereocenters. The van der Waals surface area contributed by atoms with Crippen LogP contribution < -0.4 is 11.1 Å². The number of carbonyl (C=O) groups is 1. The van der Waals surface area contributed by atoms with Gasteiger partial charge in [0.1, 0.15) is 0 Å². The molecule has 1 aliphatic carbocycles. The van der Waals surface area contributed by atoms with E-state index in [1.54, 1.807) is 12.1 Å². The molecule has 0 spiro atoms. The highest BCUT2D eigenvalue weighted by Gasteiger charge is 2.27. The number of hydrogen-bond acceptors (Lipinski definition) is 4. The number of anilines is 2. The molecule has 0 bridgehead atoms. The molecular weight excluding hydrogens is 252 g/mol. The number of rotatable bonds is 3. The zero-order chi connectivity index (χ0) is 14.8. The second kappa shape index (κ2) is 5.73. The summed E-state index contributed by atoms with van der Waals surface area (Å²) in [6.45, 7) is 4.62. The summed E-state index contributed by atoms with van der Waals surface area (Å²) in [6.07, 6.45) is 4.83. The molecule has 2 rings (SSSR count). The van der Waals surface area contributed by atoms with E-state index in [4.69, 9.17) is 10.5 Å². The van der Waals surface area contributed by atoms with Crippen molar-refractivity contribution in [3.63, 3.8) is 0 Å². The Morgan fingerprint density at radius 3 is 2.85 bits per heavy atom. The van der Waals surface area contributed by atoms with Crippen molar-refractivity contribution in [1.29, 1.82) is 0 Å². The molecule has 0 aliphatic heterocycles. The van der Waals surface area contributed by atoms with E-state index in [0.717, 1.165) is 12.1 Å². The number of benzene rings is 1. The van der Waals surface area contributed by atoms with Crippen LogP contribution in [-0.2, 0) is 4.74 Å². The van der Waals surface area contributed by atoms with Crippen LogP contribution in [0.1, 0.15) is 49.9 Å². The highest BCUT2D eigenvalue weighted by atomic mass is 16.5. The van der Waals surface area contributed by atoms with Gasteiger partial charge in [0, 0.05) is 17.4 Å². The Hall–Kier alpha value is -1.71. The van der Waals surface area contributed by atoms with Crippen molar-refractivity contribution >= 4 is 17.3 Å². The number of nitrogen functional groups attached to an aromatic ring is 1. The van der Waals surface area contributed by atoms with E-state index in [9.17, 15) is 4.79 Å². The molecule has 1 saturated carbocycles. The van der Waals surface area contributed by atoms with Gasteiger partial charge >= 0.3 is 5.97 Å². The maximum absolute atomic E-state index is 11.7. The molecule has 0 amide bonds. The van der Waals surface area contributed by atoms with E-state index in [1.807, 2.05) is 6.07 Å². The smallest absolute Gasteiger partial charge is 0.340 e. The van der Waals surface area contributed by atoms with Gasteiger partial charge in [-0.3, -0.25) is 0 Å². The van der Waals surface area contributed by atoms with E-state index in [0.29, 0.717) is 22.7 Å². The Morgan fingerprint density at radius 1 is 1.45 bits per heavy atom. The van der Waals surface area contributed by atoms with Crippen LogP contribution in [-0.4, -0.2) is 19.1 Å². The second-order valence-corrected chi connectivity index (χ2v) is 6.40. The molecule has 1 aromatic carbocycles. The lowest BCUT2D eigenvalue weighted by Gasteiger charge is -2.36. The minimum atomic E-state index is -0.393. The van der Waals surface area contributed by atoms with Crippen LogP contribution in [0, 0.1) is 5.41 Å². The topological polar surface area (TPSA) is 64.3 Å². The van der Waals surface area contributed by atoms with Gasteiger partial charge in [-0.25, -0.2) is 4.79 Å². The van der Waals surface area contributed by atoms with E-state index < -0.39 is 5.97 Å². The third-order valence-corrected chi connectivity index (χ3v) is 4.03. The molecule has 0 heterocycles. The highest BCUT2D eigenvalue weighted by molar-refractivity contribution is 5.96.